The van der Waals surface area contributed by atoms with E-state index in [2.05, 4.69) is 5.32 Å². The van der Waals surface area contributed by atoms with Gasteiger partial charge in [0, 0.05) is 31.7 Å². The summed E-state index contributed by atoms with van der Waals surface area (Å²) in [5.74, 6) is 0.496. The molecule has 1 amide bonds. The minimum absolute atomic E-state index is 0.00366. The minimum atomic E-state index is -0.553. The molecule has 2 aliphatic rings. The third-order valence-electron chi connectivity index (χ3n) is 4.60. The predicted octanol–water partition coefficient (Wildman–Crippen LogP) is 1.93. The Bertz CT molecular complexity index is 607. The first-order valence-electron chi connectivity index (χ1n) is 6.95. The lowest BCUT2D eigenvalue weighted by atomic mass is 9.95. The second-order valence-electron chi connectivity index (χ2n) is 5.67. The maximum Gasteiger partial charge on any atom is 0.283 e. The van der Waals surface area contributed by atoms with Gasteiger partial charge < -0.3 is 10.2 Å². The molecule has 2 saturated heterocycles. The van der Waals surface area contributed by atoms with Gasteiger partial charge in [0.1, 0.15) is 5.56 Å². The van der Waals surface area contributed by atoms with Crippen LogP contribution in [0.2, 0.25) is 5.02 Å². The summed E-state index contributed by atoms with van der Waals surface area (Å²) in [6, 6.07) is 4.39. The van der Waals surface area contributed by atoms with Crippen LogP contribution in [0.4, 0.5) is 5.69 Å². The van der Waals surface area contributed by atoms with Gasteiger partial charge in [0.25, 0.3) is 11.6 Å². The van der Waals surface area contributed by atoms with Crippen LogP contribution < -0.4 is 5.32 Å². The summed E-state index contributed by atoms with van der Waals surface area (Å²) in [5, 5.41) is 14.6. The third-order valence-corrected chi connectivity index (χ3v) is 4.91. The lowest BCUT2D eigenvalue weighted by molar-refractivity contribution is -0.385. The molecule has 3 rings (SSSR count). The number of fused-ring (bicyclic) bond motifs is 1. The van der Waals surface area contributed by atoms with E-state index in [-0.39, 0.29) is 28.2 Å². The van der Waals surface area contributed by atoms with Gasteiger partial charge in [0.2, 0.25) is 0 Å². The van der Waals surface area contributed by atoms with E-state index < -0.39 is 4.92 Å². The monoisotopic (exact) mass is 309 g/mol. The van der Waals surface area contributed by atoms with Crippen molar-refractivity contribution in [1.29, 1.82) is 0 Å². The molecule has 112 valence electrons. The van der Waals surface area contributed by atoms with Crippen LogP contribution in [0, 0.1) is 22.0 Å². The number of likely N-dealkylation sites (tertiary alicyclic amines) is 1. The van der Waals surface area contributed by atoms with Crippen LogP contribution >= 0.6 is 11.6 Å². The molecule has 2 fully saturated rings. The highest BCUT2D eigenvalue weighted by molar-refractivity contribution is 6.34. The molecular weight excluding hydrogens is 294 g/mol. The van der Waals surface area contributed by atoms with Crippen LogP contribution in [0.15, 0.2) is 18.2 Å². The first-order valence-corrected chi connectivity index (χ1v) is 7.33. The topological polar surface area (TPSA) is 75.5 Å². The fourth-order valence-corrected chi connectivity index (χ4v) is 3.71. The second kappa shape index (κ2) is 5.27. The van der Waals surface area contributed by atoms with Gasteiger partial charge in [-0.1, -0.05) is 17.7 Å². The largest absolute Gasteiger partial charge is 0.335 e. The van der Waals surface area contributed by atoms with E-state index in [0.717, 1.165) is 13.1 Å². The van der Waals surface area contributed by atoms with Crippen molar-refractivity contribution in [3.8, 4) is 0 Å². The van der Waals surface area contributed by atoms with Crippen molar-refractivity contribution in [2.75, 3.05) is 19.6 Å². The first-order chi connectivity index (χ1) is 10.0. The Morgan fingerprint density at radius 3 is 2.90 bits per heavy atom. The lowest BCUT2D eigenvalue weighted by Crippen LogP contribution is -2.38. The van der Waals surface area contributed by atoms with Gasteiger partial charge in [-0.3, -0.25) is 14.9 Å². The molecule has 0 saturated carbocycles. The molecule has 1 aromatic rings. The molecule has 2 heterocycles. The van der Waals surface area contributed by atoms with Crippen molar-refractivity contribution in [3.05, 3.63) is 38.9 Å². The smallest absolute Gasteiger partial charge is 0.283 e. The molecule has 3 atom stereocenters. The van der Waals surface area contributed by atoms with Crippen LogP contribution in [0.3, 0.4) is 0 Å². The normalized spacial score (nSPS) is 27.7. The molecule has 2 aliphatic heterocycles. The van der Waals surface area contributed by atoms with Crippen LogP contribution in [0.5, 0.6) is 0 Å². The summed E-state index contributed by atoms with van der Waals surface area (Å²) >= 11 is 6.05. The molecule has 0 radical (unpaired) electrons. The minimum Gasteiger partial charge on any atom is -0.335 e. The second-order valence-corrected chi connectivity index (χ2v) is 6.08. The van der Waals surface area contributed by atoms with Gasteiger partial charge in [0.05, 0.1) is 9.95 Å². The van der Waals surface area contributed by atoms with Gasteiger partial charge in [0.15, 0.2) is 0 Å². The Labute approximate surface area is 127 Å². The number of nitrogens with one attached hydrogen (secondary N) is 1. The summed E-state index contributed by atoms with van der Waals surface area (Å²) in [6.45, 7) is 4.40. The molecule has 0 spiro atoms. The number of hydrogen-bond acceptors (Lipinski definition) is 4. The van der Waals surface area contributed by atoms with Gasteiger partial charge in [-0.25, -0.2) is 0 Å². The zero-order valence-electron chi connectivity index (χ0n) is 11.6. The Kier molecular flexibility index (Phi) is 3.59. The summed E-state index contributed by atoms with van der Waals surface area (Å²) < 4.78 is 0. The fraction of sp³-hybridized carbons (Fsp3) is 0.500. The highest BCUT2D eigenvalue weighted by Gasteiger charge is 2.45. The molecule has 3 unspecified atom stereocenters. The van der Waals surface area contributed by atoms with Gasteiger partial charge in [-0.05, 0) is 24.8 Å². The number of halogens is 1. The fourth-order valence-electron chi connectivity index (χ4n) is 3.46. The van der Waals surface area contributed by atoms with E-state index in [0.29, 0.717) is 18.4 Å². The summed E-state index contributed by atoms with van der Waals surface area (Å²) in [4.78, 5) is 25.1. The first kappa shape index (κ1) is 14.3. The molecule has 21 heavy (non-hydrogen) atoms. The predicted molar refractivity (Wildman–Crippen MR) is 78.5 cm³/mol. The zero-order chi connectivity index (χ0) is 15.1. The van der Waals surface area contributed by atoms with Crippen molar-refractivity contribution in [1.82, 2.24) is 10.2 Å². The molecule has 0 aromatic heterocycles. The van der Waals surface area contributed by atoms with Crippen molar-refractivity contribution in [2.45, 2.75) is 13.0 Å². The number of nitro benzene ring substituents is 1. The Balaban J connectivity index is 1.95. The molecule has 1 N–H and O–H groups in total. The molecule has 7 heteroatoms. The highest BCUT2D eigenvalue weighted by atomic mass is 35.5. The quantitative estimate of drug-likeness (QED) is 0.669. The number of carbonyl (C=O) groups excluding carboxylic acids is 1. The Hall–Kier alpha value is -1.66. The summed E-state index contributed by atoms with van der Waals surface area (Å²) in [5.41, 5.74) is -0.223. The average Bonchev–Trinajstić information content (AvgIpc) is 3.01. The molecule has 6 nitrogen and oxygen atoms in total. The Morgan fingerprint density at radius 2 is 2.24 bits per heavy atom. The van der Waals surface area contributed by atoms with Crippen molar-refractivity contribution >= 4 is 23.2 Å². The van der Waals surface area contributed by atoms with Crippen molar-refractivity contribution in [2.24, 2.45) is 11.8 Å². The molecule has 0 bridgehead atoms. The number of nitrogens with zero attached hydrogens (tertiary/aromatic N) is 2. The number of amides is 1. The third kappa shape index (κ3) is 2.28. The van der Waals surface area contributed by atoms with Gasteiger partial charge >= 0.3 is 0 Å². The van der Waals surface area contributed by atoms with E-state index in [1.54, 1.807) is 4.90 Å². The number of hydrogen-bond donors (Lipinski definition) is 1. The summed E-state index contributed by atoms with van der Waals surface area (Å²) in [7, 11) is 0. The van der Waals surface area contributed by atoms with Crippen LogP contribution in [0.25, 0.3) is 0 Å². The molecular formula is C14H16ClN3O3. The Morgan fingerprint density at radius 1 is 1.48 bits per heavy atom. The number of benzene rings is 1. The summed E-state index contributed by atoms with van der Waals surface area (Å²) in [6.07, 6.45) is 0. The van der Waals surface area contributed by atoms with Crippen LogP contribution in [-0.2, 0) is 0 Å². The van der Waals surface area contributed by atoms with Crippen molar-refractivity contribution in [3.63, 3.8) is 0 Å². The van der Waals surface area contributed by atoms with E-state index in [4.69, 9.17) is 11.6 Å². The molecule has 0 aliphatic carbocycles. The molecule has 1 aromatic carbocycles. The number of rotatable bonds is 2. The standard InChI is InChI=1S/C14H16ClN3O3/c1-8-10-6-16-5-9(10)7-17(8)14(19)13-11(15)3-2-4-12(13)18(20)21/h2-4,8-10,16H,5-7H2,1H3. The average molecular weight is 310 g/mol. The van der Waals surface area contributed by atoms with E-state index in [1.807, 2.05) is 6.92 Å². The lowest BCUT2D eigenvalue weighted by Gasteiger charge is -2.24. The van der Waals surface area contributed by atoms with Crippen molar-refractivity contribution < 1.29 is 9.72 Å². The van der Waals surface area contributed by atoms with Crippen LogP contribution in [0.1, 0.15) is 17.3 Å². The van der Waals surface area contributed by atoms with E-state index >= 15 is 0 Å². The SMILES string of the molecule is CC1C2CNCC2CN1C(=O)c1c(Cl)cccc1[N+](=O)[O-]. The van der Waals surface area contributed by atoms with E-state index in [9.17, 15) is 14.9 Å². The number of carbonyl (C=O) groups is 1. The van der Waals surface area contributed by atoms with Gasteiger partial charge in [-0.15, -0.1) is 0 Å². The van der Waals surface area contributed by atoms with E-state index in [1.165, 1.54) is 18.2 Å². The highest BCUT2D eigenvalue weighted by Crippen LogP contribution is 2.36. The van der Waals surface area contributed by atoms with Crippen LogP contribution in [-0.4, -0.2) is 41.4 Å². The zero-order valence-corrected chi connectivity index (χ0v) is 12.3. The maximum atomic E-state index is 12.8. The number of nitro groups is 1. The van der Waals surface area contributed by atoms with Gasteiger partial charge in [-0.2, -0.15) is 0 Å². The maximum absolute atomic E-state index is 12.8.